The lowest BCUT2D eigenvalue weighted by molar-refractivity contribution is 0.0783. The Labute approximate surface area is 170 Å². The minimum absolute atomic E-state index is 0.0303. The largest absolute Gasteiger partial charge is 0.457 e. The van der Waals surface area contributed by atoms with Crippen LogP contribution < -0.4 is 10.5 Å². The van der Waals surface area contributed by atoms with Crippen LogP contribution in [0.25, 0.3) is 0 Å². The van der Waals surface area contributed by atoms with Crippen LogP contribution >= 0.6 is 0 Å². The average molecular weight is 421 g/mol. The molecular weight excluding hydrogens is 395 g/mol. The Kier molecular flexibility index (Phi) is 6.54. The minimum Gasteiger partial charge on any atom is -0.457 e. The van der Waals surface area contributed by atoms with Crippen molar-refractivity contribution < 1.29 is 22.3 Å². The summed E-state index contributed by atoms with van der Waals surface area (Å²) in [5.74, 6) is -0.251. The SMILES string of the molecule is CS(=O)(=O)CC1CCN(C(=O)c2cc(Oc3ccc(CCN)cc3)ccc2F)C1. The Balaban J connectivity index is 1.71. The molecule has 1 unspecified atom stereocenters. The van der Waals surface area contributed by atoms with Crippen molar-refractivity contribution in [2.24, 2.45) is 11.7 Å². The maximum absolute atomic E-state index is 14.3. The van der Waals surface area contributed by atoms with Gasteiger partial charge in [0.05, 0.1) is 11.3 Å². The van der Waals surface area contributed by atoms with Gasteiger partial charge in [-0.1, -0.05) is 12.1 Å². The Morgan fingerprint density at radius 2 is 1.90 bits per heavy atom. The number of sulfone groups is 1. The highest BCUT2D eigenvalue weighted by molar-refractivity contribution is 7.90. The van der Waals surface area contributed by atoms with E-state index in [0.29, 0.717) is 37.6 Å². The van der Waals surface area contributed by atoms with Crippen molar-refractivity contribution in [1.29, 1.82) is 0 Å². The molecule has 3 rings (SSSR count). The number of benzene rings is 2. The van der Waals surface area contributed by atoms with Gasteiger partial charge in [-0.15, -0.1) is 0 Å². The molecule has 156 valence electrons. The number of halogens is 1. The van der Waals surface area contributed by atoms with E-state index in [1.54, 1.807) is 12.1 Å². The molecule has 29 heavy (non-hydrogen) atoms. The van der Waals surface area contributed by atoms with Crippen molar-refractivity contribution in [3.8, 4) is 11.5 Å². The van der Waals surface area contributed by atoms with Gasteiger partial charge in [0.25, 0.3) is 5.91 Å². The van der Waals surface area contributed by atoms with Gasteiger partial charge in [0.2, 0.25) is 0 Å². The first kappa shape index (κ1) is 21.3. The summed E-state index contributed by atoms with van der Waals surface area (Å²) in [6.07, 6.45) is 2.54. The number of hydrogen-bond acceptors (Lipinski definition) is 5. The third-order valence-corrected chi connectivity index (χ3v) is 5.95. The number of likely N-dealkylation sites (tertiary alicyclic amines) is 1. The fourth-order valence-electron chi connectivity index (χ4n) is 3.51. The summed E-state index contributed by atoms with van der Waals surface area (Å²) >= 11 is 0. The highest BCUT2D eigenvalue weighted by atomic mass is 32.2. The smallest absolute Gasteiger partial charge is 0.256 e. The number of rotatable bonds is 7. The van der Waals surface area contributed by atoms with Gasteiger partial charge in [-0.2, -0.15) is 0 Å². The van der Waals surface area contributed by atoms with Gasteiger partial charge in [-0.25, -0.2) is 12.8 Å². The number of carbonyl (C=O) groups excluding carboxylic acids is 1. The molecule has 2 N–H and O–H groups in total. The molecule has 2 aromatic rings. The van der Waals surface area contributed by atoms with Crippen LogP contribution in [0.1, 0.15) is 22.3 Å². The zero-order valence-corrected chi connectivity index (χ0v) is 17.1. The summed E-state index contributed by atoms with van der Waals surface area (Å²) in [7, 11) is -3.12. The fraction of sp³-hybridized carbons (Fsp3) is 0.381. The van der Waals surface area contributed by atoms with E-state index in [1.165, 1.54) is 29.4 Å². The first-order valence-corrected chi connectivity index (χ1v) is 11.5. The molecule has 1 amide bonds. The fourth-order valence-corrected chi connectivity index (χ4v) is 4.64. The van der Waals surface area contributed by atoms with Gasteiger partial charge in [0, 0.05) is 19.3 Å². The monoisotopic (exact) mass is 420 g/mol. The van der Waals surface area contributed by atoms with Crippen LogP contribution in [-0.2, 0) is 16.3 Å². The Bertz CT molecular complexity index is 977. The van der Waals surface area contributed by atoms with E-state index in [1.807, 2.05) is 12.1 Å². The standard InChI is InChI=1S/C21H25FN2O4S/c1-29(26,27)14-16-9-11-24(13-16)21(25)19-12-18(6-7-20(19)22)28-17-4-2-15(3-5-17)8-10-23/h2-7,12,16H,8-11,13-14,23H2,1H3. The van der Waals surface area contributed by atoms with Gasteiger partial charge in [-0.3, -0.25) is 4.79 Å². The molecule has 0 spiro atoms. The van der Waals surface area contributed by atoms with Gasteiger partial charge in [-0.05, 0) is 61.2 Å². The number of nitrogens with zero attached hydrogens (tertiary/aromatic N) is 1. The van der Waals surface area contributed by atoms with Crippen LogP contribution in [0.15, 0.2) is 42.5 Å². The molecule has 1 aliphatic heterocycles. The predicted molar refractivity (Wildman–Crippen MR) is 109 cm³/mol. The second-order valence-electron chi connectivity index (χ2n) is 7.42. The summed E-state index contributed by atoms with van der Waals surface area (Å²) in [5, 5.41) is 0. The van der Waals surface area contributed by atoms with Gasteiger partial charge in [0.1, 0.15) is 27.2 Å². The van der Waals surface area contributed by atoms with E-state index in [-0.39, 0.29) is 17.2 Å². The quantitative estimate of drug-likeness (QED) is 0.744. The second-order valence-corrected chi connectivity index (χ2v) is 9.61. The lowest BCUT2D eigenvalue weighted by Gasteiger charge is -2.17. The molecule has 1 saturated heterocycles. The number of amides is 1. The molecule has 0 saturated carbocycles. The maximum Gasteiger partial charge on any atom is 0.256 e. The number of nitrogens with two attached hydrogens (primary N) is 1. The molecule has 8 heteroatoms. The topological polar surface area (TPSA) is 89.7 Å². The van der Waals surface area contributed by atoms with E-state index in [0.717, 1.165) is 12.0 Å². The molecule has 0 aromatic heterocycles. The molecule has 2 aromatic carbocycles. The van der Waals surface area contributed by atoms with Crippen LogP contribution in [0.2, 0.25) is 0 Å². The molecule has 0 bridgehead atoms. The third-order valence-electron chi connectivity index (χ3n) is 4.87. The summed E-state index contributed by atoms with van der Waals surface area (Å²) in [4.78, 5) is 14.3. The first-order chi connectivity index (χ1) is 13.7. The Morgan fingerprint density at radius 1 is 1.21 bits per heavy atom. The van der Waals surface area contributed by atoms with Gasteiger partial charge >= 0.3 is 0 Å². The van der Waals surface area contributed by atoms with Crippen LogP contribution in [0.5, 0.6) is 11.5 Å². The van der Waals surface area contributed by atoms with Crippen molar-refractivity contribution in [3.63, 3.8) is 0 Å². The van der Waals surface area contributed by atoms with Crippen LogP contribution in [0.4, 0.5) is 4.39 Å². The van der Waals surface area contributed by atoms with Crippen LogP contribution in [0, 0.1) is 11.7 Å². The molecule has 6 nitrogen and oxygen atoms in total. The van der Waals surface area contributed by atoms with Crippen molar-refractivity contribution in [2.45, 2.75) is 12.8 Å². The van der Waals surface area contributed by atoms with E-state index in [2.05, 4.69) is 0 Å². The van der Waals surface area contributed by atoms with E-state index in [9.17, 15) is 17.6 Å². The van der Waals surface area contributed by atoms with Gasteiger partial charge in [0.15, 0.2) is 0 Å². The first-order valence-electron chi connectivity index (χ1n) is 9.48. The zero-order chi connectivity index (χ0) is 21.0. The maximum atomic E-state index is 14.3. The Morgan fingerprint density at radius 3 is 2.55 bits per heavy atom. The van der Waals surface area contributed by atoms with E-state index < -0.39 is 21.6 Å². The highest BCUT2D eigenvalue weighted by Gasteiger charge is 2.30. The molecule has 0 radical (unpaired) electrons. The van der Waals surface area contributed by atoms with Crippen LogP contribution in [0.3, 0.4) is 0 Å². The summed E-state index contributed by atoms with van der Waals surface area (Å²) in [6.45, 7) is 1.27. The van der Waals surface area contributed by atoms with E-state index in [4.69, 9.17) is 10.5 Å². The lowest BCUT2D eigenvalue weighted by Crippen LogP contribution is -2.30. The molecule has 0 aliphatic carbocycles. The average Bonchev–Trinajstić information content (AvgIpc) is 3.11. The third kappa shape index (κ3) is 5.77. The molecular formula is C21H25FN2O4S. The summed E-state index contributed by atoms with van der Waals surface area (Å²) < 4.78 is 43.0. The molecule has 1 fully saturated rings. The van der Waals surface area contributed by atoms with Crippen molar-refractivity contribution in [1.82, 2.24) is 4.90 Å². The predicted octanol–water partition coefficient (Wildman–Crippen LogP) is 2.63. The van der Waals surface area contributed by atoms with Crippen molar-refractivity contribution >= 4 is 15.7 Å². The molecule has 1 heterocycles. The van der Waals surface area contributed by atoms with Gasteiger partial charge < -0.3 is 15.4 Å². The number of hydrogen-bond donors (Lipinski definition) is 1. The number of carbonyl (C=O) groups is 1. The van der Waals surface area contributed by atoms with E-state index >= 15 is 0 Å². The number of ether oxygens (including phenoxy) is 1. The lowest BCUT2D eigenvalue weighted by atomic mass is 10.1. The zero-order valence-electron chi connectivity index (χ0n) is 16.3. The van der Waals surface area contributed by atoms with Crippen LogP contribution in [-0.4, -0.2) is 50.9 Å². The highest BCUT2D eigenvalue weighted by Crippen LogP contribution is 2.27. The van der Waals surface area contributed by atoms with Crippen molar-refractivity contribution in [3.05, 3.63) is 59.4 Å². The van der Waals surface area contributed by atoms with Crippen molar-refractivity contribution in [2.75, 3.05) is 31.6 Å². The summed E-state index contributed by atoms with van der Waals surface area (Å²) in [6, 6.07) is 11.5. The molecule has 1 atom stereocenters. The second kappa shape index (κ2) is 8.92. The molecule has 1 aliphatic rings. The summed E-state index contributed by atoms with van der Waals surface area (Å²) in [5.41, 5.74) is 6.55. The normalized spacial score (nSPS) is 16.8. The minimum atomic E-state index is -3.12. The Hall–Kier alpha value is -2.45.